The number of aliphatic hydroxyl groups is 1. The Balaban J connectivity index is 1.32. The molecule has 0 aromatic heterocycles. The van der Waals surface area contributed by atoms with Crippen LogP contribution in [-0.4, -0.2) is 80.9 Å². The van der Waals surface area contributed by atoms with Gasteiger partial charge in [-0.1, -0.05) is 119 Å². The Morgan fingerprint density at radius 2 is 1.55 bits per heavy atom. The number of alkyl halides is 1. The number of anilines is 1. The zero-order chi connectivity index (χ0) is 35.7. The van der Waals surface area contributed by atoms with Crippen molar-refractivity contribution in [2.75, 3.05) is 24.6 Å². The van der Waals surface area contributed by atoms with E-state index in [4.69, 9.17) is 4.74 Å². The van der Waals surface area contributed by atoms with Crippen LogP contribution in [0.1, 0.15) is 17.5 Å². The van der Waals surface area contributed by atoms with Crippen molar-refractivity contribution in [2.24, 2.45) is 11.8 Å². The summed E-state index contributed by atoms with van der Waals surface area (Å²) in [5, 5.41) is 13.0. The van der Waals surface area contributed by atoms with Gasteiger partial charge >= 0.3 is 0 Å². The lowest BCUT2D eigenvalue weighted by Crippen LogP contribution is -2.59. The van der Waals surface area contributed by atoms with Crippen LogP contribution in [0.4, 0.5) is 5.69 Å². The average molecular weight is 749 g/mol. The van der Waals surface area contributed by atoms with Gasteiger partial charge in [0.1, 0.15) is 11.6 Å². The van der Waals surface area contributed by atoms with Gasteiger partial charge in [0, 0.05) is 30.1 Å². The fourth-order valence-electron chi connectivity index (χ4n) is 8.51. The highest BCUT2D eigenvalue weighted by Crippen LogP contribution is 2.61. The third kappa shape index (κ3) is 6.21. The minimum atomic E-state index is -1.31. The largest absolute Gasteiger partial charge is 0.394 e. The number of likely N-dealkylation sites (tertiary alicyclic amines) is 1. The lowest BCUT2D eigenvalue weighted by molar-refractivity contribution is -0.147. The number of halogens is 1. The highest BCUT2D eigenvalue weighted by Gasteiger charge is 2.77. The molecule has 3 amide bonds. The van der Waals surface area contributed by atoms with Crippen molar-refractivity contribution in [2.45, 2.75) is 48.0 Å². The molecular weight excluding hydrogens is 706 g/mol. The average Bonchev–Trinajstić information content (AvgIpc) is 3.76. The normalized spacial score (nSPS) is 25.4. The molecule has 3 aliphatic heterocycles. The van der Waals surface area contributed by atoms with E-state index in [-0.39, 0.29) is 42.2 Å². The van der Waals surface area contributed by atoms with Crippen molar-refractivity contribution < 1.29 is 24.2 Å². The summed E-state index contributed by atoms with van der Waals surface area (Å²) in [5.74, 6) is -2.67. The Labute approximate surface area is 307 Å². The van der Waals surface area contributed by atoms with Gasteiger partial charge in [-0.3, -0.25) is 14.4 Å². The first-order chi connectivity index (χ1) is 24.8. The molecule has 3 fully saturated rings. The predicted molar refractivity (Wildman–Crippen MR) is 202 cm³/mol. The lowest BCUT2D eigenvalue weighted by atomic mass is 9.70. The first kappa shape index (κ1) is 34.9. The van der Waals surface area contributed by atoms with Crippen LogP contribution < -0.4 is 4.90 Å². The number of ether oxygens (including phenoxy) is 1. The summed E-state index contributed by atoms with van der Waals surface area (Å²) in [7, 11) is 0. The summed E-state index contributed by atoms with van der Waals surface area (Å²) in [4.78, 5) is 49.7. The predicted octanol–water partition coefficient (Wildman–Crippen LogP) is 5.93. The molecule has 3 aliphatic rings. The van der Waals surface area contributed by atoms with E-state index in [2.05, 4.69) is 29.1 Å². The summed E-state index contributed by atoms with van der Waals surface area (Å²) in [6.07, 6.45) is 3.41. The monoisotopic (exact) mass is 747 g/mol. The molecule has 4 aromatic carbocycles. The highest BCUT2D eigenvalue weighted by atomic mass is 79.9. The van der Waals surface area contributed by atoms with Gasteiger partial charge in [0.15, 0.2) is 0 Å². The number of hydrogen-bond donors (Lipinski definition) is 1. The van der Waals surface area contributed by atoms with E-state index in [1.807, 2.05) is 103 Å². The minimum Gasteiger partial charge on any atom is -0.394 e. The molecule has 3 unspecified atom stereocenters. The van der Waals surface area contributed by atoms with Gasteiger partial charge in [-0.05, 0) is 46.9 Å². The van der Waals surface area contributed by atoms with Crippen LogP contribution in [-0.2, 0) is 32.1 Å². The third-order valence-corrected chi connectivity index (χ3v) is 11.5. The van der Waals surface area contributed by atoms with Crippen LogP contribution in [0.15, 0.2) is 128 Å². The number of hydrogen-bond acceptors (Lipinski definition) is 5. The molecule has 7 rings (SSSR count). The number of benzene rings is 4. The van der Waals surface area contributed by atoms with Crippen LogP contribution in [0.3, 0.4) is 0 Å². The van der Waals surface area contributed by atoms with E-state index in [0.29, 0.717) is 25.1 Å². The molecule has 0 radical (unpaired) electrons. The van der Waals surface area contributed by atoms with Crippen molar-refractivity contribution in [1.82, 2.24) is 9.80 Å². The Kier molecular flexibility index (Phi) is 9.97. The van der Waals surface area contributed by atoms with Crippen molar-refractivity contribution in [3.05, 3.63) is 140 Å². The zero-order valence-electron chi connectivity index (χ0n) is 28.4. The molecule has 9 heteroatoms. The van der Waals surface area contributed by atoms with Crippen LogP contribution in [0.25, 0.3) is 10.8 Å². The number of rotatable bonds is 13. The molecular formula is C42H42BrN3O5. The van der Waals surface area contributed by atoms with E-state index in [1.54, 1.807) is 26.9 Å². The Morgan fingerprint density at radius 1 is 0.902 bits per heavy atom. The van der Waals surface area contributed by atoms with Crippen molar-refractivity contribution in [3.8, 4) is 0 Å². The zero-order valence-corrected chi connectivity index (χ0v) is 30.0. The van der Waals surface area contributed by atoms with Gasteiger partial charge in [-0.2, -0.15) is 0 Å². The molecule has 8 nitrogen and oxygen atoms in total. The Hall–Kier alpha value is -4.57. The molecule has 4 aromatic rings. The van der Waals surface area contributed by atoms with E-state index in [1.165, 1.54) is 0 Å². The van der Waals surface area contributed by atoms with E-state index in [0.717, 1.165) is 21.9 Å². The molecule has 3 heterocycles. The van der Waals surface area contributed by atoms with Gasteiger partial charge in [-0.15, -0.1) is 13.2 Å². The van der Waals surface area contributed by atoms with E-state index in [9.17, 15) is 9.90 Å². The van der Waals surface area contributed by atoms with E-state index >= 15 is 9.59 Å². The fourth-order valence-corrected chi connectivity index (χ4v) is 9.45. The van der Waals surface area contributed by atoms with Gasteiger partial charge in [0.2, 0.25) is 11.8 Å². The van der Waals surface area contributed by atoms with Gasteiger partial charge in [-0.25, -0.2) is 0 Å². The maximum atomic E-state index is 15.3. The molecule has 0 saturated carbocycles. The first-order valence-corrected chi connectivity index (χ1v) is 18.4. The standard InChI is InChI=1S/C42H42BrN3O5/c1-3-21-44(26-29-15-9-6-10-16-29)39(48)35-36-40(49)46(33(27-47)23-28-13-7-5-8-14-28)38(42(36)25-34(43)37(35)51-42)41(50)45(22-4-2)32-20-19-30-17-11-12-18-31(30)24-32/h3-20,24,33-38,47H,1-2,21-23,25-27H2/t33-,34?,35-,36+,37-,38?,42?/m1/s1. The number of aliphatic hydroxyl groups excluding tert-OH is 1. The molecule has 0 aliphatic carbocycles. The fraction of sp³-hybridized carbons (Fsp3) is 0.310. The highest BCUT2D eigenvalue weighted by molar-refractivity contribution is 9.09. The Bertz CT molecular complexity index is 1940. The summed E-state index contributed by atoms with van der Waals surface area (Å²) in [5.41, 5.74) is 1.22. The minimum absolute atomic E-state index is 0.187. The number of carbonyl (C=O) groups excluding carboxylic acids is 3. The first-order valence-electron chi connectivity index (χ1n) is 17.4. The molecule has 3 saturated heterocycles. The summed E-state index contributed by atoms with van der Waals surface area (Å²) >= 11 is 3.82. The lowest BCUT2D eigenvalue weighted by Gasteiger charge is -2.39. The molecule has 7 atom stereocenters. The van der Waals surface area contributed by atoms with Crippen molar-refractivity contribution >= 4 is 50.1 Å². The molecule has 1 spiro atoms. The van der Waals surface area contributed by atoms with Gasteiger partial charge < -0.3 is 24.5 Å². The van der Waals surface area contributed by atoms with Crippen LogP contribution in [0.2, 0.25) is 0 Å². The quantitative estimate of drug-likeness (QED) is 0.136. The SMILES string of the molecule is C=CCN(Cc1ccccc1)C(=O)[C@H]1[C@@H]2OC3(CC2Br)C(C(=O)N(CC=C)c2ccc4ccccc4c2)N([C@@H](CO)Cc2ccccc2)C(=O)[C@H]13. The molecule has 262 valence electrons. The molecule has 51 heavy (non-hydrogen) atoms. The topological polar surface area (TPSA) is 90.4 Å². The number of nitrogens with zero attached hydrogens (tertiary/aromatic N) is 3. The maximum absolute atomic E-state index is 15.3. The van der Waals surface area contributed by atoms with Crippen molar-refractivity contribution in [1.29, 1.82) is 0 Å². The summed E-state index contributed by atoms with van der Waals surface area (Å²) < 4.78 is 6.88. The smallest absolute Gasteiger partial charge is 0.253 e. The van der Waals surface area contributed by atoms with Crippen LogP contribution in [0, 0.1) is 11.8 Å². The number of carbonyl (C=O) groups is 3. The molecule has 2 bridgehead atoms. The van der Waals surface area contributed by atoms with Crippen LogP contribution >= 0.6 is 15.9 Å². The number of fused-ring (bicyclic) bond motifs is 2. The van der Waals surface area contributed by atoms with Gasteiger partial charge in [0.05, 0.1) is 30.6 Å². The second-order valence-electron chi connectivity index (χ2n) is 13.7. The van der Waals surface area contributed by atoms with Crippen molar-refractivity contribution in [3.63, 3.8) is 0 Å². The molecule has 1 N–H and O–H groups in total. The second-order valence-corrected chi connectivity index (χ2v) is 14.9. The third-order valence-electron chi connectivity index (χ3n) is 10.7. The Morgan fingerprint density at radius 3 is 2.22 bits per heavy atom. The second kappa shape index (κ2) is 14.6. The summed E-state index contributed by atoms with van der Waals surface area (Å²) in [6.45, 7) is 8.30. The van der Waals surface area contributed by atoms with Gasteiger partial charge in [0.25, 0.3) is 5.91 Å². The maximum Gasteiger partial charge on any atom is 0.253 e. The summed E-state index contributed by atoms with van der Waals surface area (Å²) in [6, 6.07) is 31.2. The van der Waals surface area contributed by atoms with Crippen LogP contribution in [0.5, 0.6) is 0 Å². The van der Waals surface area contributed by atoms with E-state index < -0.39 is 35.6 Å². The number of amides is 3.